The Balaban J connectivity index is 0.000000190. The second kappa shape index (κ2) is 24.2. The molecule has 0 amide bonds. The van der Waals surface area contributed by atoms with Crippen molar-refractivity contribution in [2.24, 2.45) is 0 Å². The van der Waals surface area contributed by atoms with Crippen molar-refractivity contribution in [3.05, 3.63) is 174 Å². The molecule has 0 atom stereocenters. The van der Waals surface area contributed by atoms with Gasteiger partial charge in [-0.3, -0.25) is 24.5 Å². The Morgan fingerprint density at radius 2 is 0.919 bits per heavy atom. The van der Waals surface area contributed by atoms with Crippen LogP contribution in [-0.2, 0) is 52.2 Å². The van der Waals surface area contributed by atoms with Crippen molar-refractivity contribution in [2.45, 2.75) is 64.7 Å². The van der Waals surface area contributed by atoms with Gasteiger partial charge in [0.25, 0.3) is 12.9 Å². The van der Waals surface area contributed by atoms with Crippen LogP contribution in [0.5, 0.6) is 11.5 Å². The number of thiophene rings is 4. The molecule has 10 heterocycles. The van der Waals surface area contributed by atoms with E-state index < -0.39 is 23.7 Å². The fourth-order valence-electron chi connectivity index (χ4n) is 8.98. The number of hydrogen-bond donors (Lipinski definition) is 0. The van der Waals surface area contributed by atoms with E-state index in [2.05, 4.69) is 107 Å². The zero-order valence-corrected chi connectivity index (χ0v) is 51.0. The quantitative estimate of drug-likeness (QED) is 0.0610. The van der Waals surface area contributed by atoms with E-state index in [0.717, 1.165) is 33.7 Å². The van der Waals surface area contributed by atoms with Crippen LogP contribution < -0.4 is 24.6 Å². The second-order valence-corrected chi connectivity index (χ2v) is 25.5. The average molecular weight is 1320 g/mol. The summed E-state index contributed by atoms with van der Waals surface area (Å²) >= 11 is 7.16. The van der Waals surface area contributed by atoms with Crippen LogP contribution in [0.4, 0.5) is 43.4 Å². The Kier molecular flexibility index (Phi) is 17.1. The third kappa shape index (κ3) is 13.4. The normalized spacial score (nSPS) is 12.0. The number of ether oxygens (including phenoxy) is 2. The number of nitrogens with zero attached hydrogens (tertiary/aromatic N) is 9. The molecule has 12 aromatic rings. The zero-order valence-electron chi connectivity index (χ0n) is 46.0. The van der Waals surface area contributed by atoms with Crippen molar-refractivity contribution in [3.63, 3.8) is 0 Å². The van der Waals surface area contributed by atoms with E-state index in [1.807, 2.05) is 76.9 Å². The number of halogens is 6. The topological polar surface area (TPSA) is 161 Å². The van der Waals surface area contributed by atoms with Gasteiger partial charge < -0.3 is 34.8 Å². The minimum atomic E-state index is -4.75. The first-order valence-electron chi connectivity index (χ1n) is 25.8. The molecular weight excluding hydrogens is 1280 g/mol. The molecule has 13 nitrogen and oxygen atoms in total. The summed E-state index contributed by atoms with van der Waals surface area (Å²) < 4.78 is 95.7. The smallest absolute Gasteiger partial charge is 0.573 e. The van der Waals surface area contributed by atoms with Gasteiger partial charge in [0.15, 0.2) is 0 Å². The Morgan fingerprint density at radius 3 is 1.42 bits per heavy atom. The molecule has 436 valence electrons. The summed E-state index contributed by atoms with van der Waals surface area (Å²) in [6, 6.07) is 39.4. The van der Waals surface area contributed by atoms with E-state index >= 15 is 0 Å². The monoisotopic (exact) mass is 1320 g/mol. The first-order chi connectivity index (χ1) is 40.5. The molecule has 0 aliphatic rings. The number of hydrogen-bond acceptors (Lipinski definition) is 15. The Bertz CT molecular complexity index is 4210. The van der Waals surface area contributed by atoms with Crippen LogP contribution >= 0.6 is 45.3 Å². The summed E-state index contributed by atoms with van der Waals surface area (Å²) in [4.78, 5) is 45.4. The average Bonchev–Trinajstić information content (AvgIpc) is 3.39. The number of aromatic nitrogens is 8. The molecule has 0 aliphatic carbocycles. The van der Waals surface area contributed by atoms with Crippen LogP contribution in [0.15, 0.2) is 151 Å². The molecule has 0 saturated heterocycles. The summed E-state index contributed by atoms with van der Waals surface area (Å²) in [5.41, 5.74) is 3.80. The second-order valence-electron chi connectivity index (χ2n) is 21.3. The molecule has 24 heteroatoms. The van der Waals surface area contributed by atoms with Crippen molar-refractivity contribution < 1.29 is 64.9 Å². The van der Waals surface area contributed by atoms with Gasteiger partial charge in [-0.2, -0.15) is 26.3 Å². The zero-order chi connectivity index (χ0) is 60.0. The van der Waals surface area contributed by atoms with Crippen LogP contribution in [-0.4, -0.2) is 43.1 Å². The molecule has 0 bridgehead atoms. The summed E-state index contributed by atoms with van der Waals surface area (Å²) in [7, 11) is 0. The van der Waals surface area contributed by atoms with Gasteiger partial charge in [0.2, 0.25) is 0 Å². The molecule has 86 heavy (non-hydrogen) atoms. The molecule has 12 rings (SSSR count). The maximum Gasteiger partial charge on any atom is 2.00 e. The number of anilines is 3. The van der Waals surface area contributed by atoms with E-state index in [1.165, 1.54) is 46.9 Å². The minimum Gasteiger partial charge on any atom is -0.573 e. The Hall–Kier alpha value is -8.28. The summed E-state index contributed by atoms with van der Waals surface area (Å²) in [6.45, 7) is 13.2. The molecule has 0 saturated carbocycles. The number of fused-ring (bicyclic) bond motifs is 2. The molecule has 0 radical (unpaired) electrons. The third-order valence-electron chi connectivity index (χ3n) is 13.3. The Labute approximate surface area is 516 Å². The van der Waals surface area contributed by atoms with Crippen LogP contribution in [0.25, 0.3) is 84.5 Å². The van der Waals surface area contributed by atoms with Crippen molar-refractivity contribution in [1.29, 1.82) is 0 Å². The first kappa shape index (κ1) is 60.8. The summed E-state index contributed by atoms with van der Waals surface area (Å²) in [5, 5.41) is 16.0. The van der Waals surface area contributed by atoms with Crippen LogP contribution in [0.3, 0.4) is 0 Å². The van der Waals surface area contributed by atoms with Gasteiger partial charge in [-0.25, -0.2) is 4.98 Å². The molecular formula is C62H45F6N9O4RuS4. The molecule has 0 fully saturated rings. The number of pyridine rings is 4. The predicted molar refractivity (Wildman–Crippen MR) is 321 cm³/mol. The molecule has 0 aliphatic heterocycles. The molecule has 10 aromatic heterocycles. The predicted octanol–water partition coefficient (Wildman–Crippen LogP) is 17.4. The standard InChI is InChI=1S/C33H30F6N6.C29H15N3O4S4.Ru/c1-30(2,3)19-7-11-21(12-8-19)45(22-13-9-20(10-14-22)31(4,5)6)23-15-24(26-17-28(43-41-26)32(34,35)36)40-25(16-23)27-18-29(44-42-27)33(37,38)39;33-14-35-17-2-5-31-20(8-17)22-10-18(36-15-34)9-21(32-22)19-7-16(1-4-30-19)24-11-26-28(39-24)13-29(40-26)27-12-25-23(38-27)3-6-37-25;/h7-18H,1-6H3;1-15H;/q-2;;+2. The van der Waals surface area contributed by atoms with E-state index in [0.29, 0.717) is 64.3 Å². The van der Waals surface area contributed by atoms with Crippen molar-refractivity contribution in [1.82, 2.24) is 40.3 Å². The number of alkyl halides is 6. The largest absolute Gasteiger partial charge is 2.00 e. The van der Waals surface area contributed by atoms with Crippen LogP contribution in [0, 0.1) is 0 Å². The molecule has 0 spiro atoms. The number of carbonyl (C=O) groups is 2. The van der Waals surface area contributed by atoms with Crippen LogP contribution in [0.1, 0.15) is 64.1 Å². The van der Waals surface area contributed by atoms with E-state index in [9.17, 15) is 35.9 Å². The van der Waals surface area contributed by atoms with Crippen molar-refractivity contribution in [2.75, 3.05) is 4.90 Å². The third-order valence-corrected chi connectivity index (χ3v) is 17.9. The SMILES string of the molecule is CC(C)(C)c1ccc(N(c2ccc(C(C)(C)C)cc2)c2cc(-c3cc(C(F)(F)F)n[n-]3)nc(-c3cc(C(F)(F)F)n[n-]3)c2)cc1.O=COc1ccnc(-c2cc(OC=O)cc(-c3cc(-c4cc5sc(-c6cc7sccc7s6)cc5s4)ccn3)n2)c1.[Ru+2]. The number of rotatable bonds is 13. The fraction of sp³-hybridized carbons (Fsp3) is 0.161. The summed E-state index contributed by atoms with van der Waals surface area (Å²) in [5.74, 6) is 0.619. The molecule has 2 aromatic carbocycles. The van der Waals surface area contributed by atoms with Crippen molar-refractivity contribution in [3.8, 4) is 77.2 Å². The minimum absolute atomic E-state index is 0. The van der Waals surface area contributed by atoms with Gasteiger partial charge in [0, 0.05) is 75.4 Å². The number of carbonyl (C=O) groups excluding carboxylic acids is 2. The fourth-order valence-corrected chi connectivity index (χ4v) is 13.5. The van der Waals surface area contributed by atoms with Gasteiger partial charge in [-0.15, -0.1) is 45.3 Å². The van der Waals surface area contributed by atoms with Crippen molar-refractivity contribution >= 4 is 94.2 Å². The van der Waals surface area contributed by atoms with E-state index in [-0.39, 0.29) is 53.1 Å². The first-order valence-corrected chi connectivity index (χ1v) is 29.2. The summed E-state index contributed by atoms with van der Waals surface area (Å²) in [6.07, 6.45) is -6.25. The van der Waals surface area contributed by atoms with Gasteiger partial charge in [-0.05, 0) is 124 Å². The van der Waals surface area contributed by atoms with Gasteiger partial charge >= 0.3 is 31.8 Å². The maximum absolute atomic E-state index is 13.4. The van der Waals surface area contributed by atoms with E-state index in [1.54, 1.807) is 64.5 Å². The van der Waals surface area contributed by atoms with E-state index in [4.69, 9.17) is 14.5 Å². The number of benzene rings is 2. The van der Waals surface area contributed by atoms with Gasteiger partial charge in [0.1, 0.15) is 22.9 Å². The molecule has 0 N–H and O–H groups in total. The van der Waals surface area contributed by atoms with Gasteiger partial charge in [-0.1, -0.05) is 77.2 Å². The maximum atomic E-state index is 13.4. The Morgan fingerprint density at radius 1 is 0.465 bits per heavy atom. The van der Waals surface area contributed by atoms with Crippen LogP contribution in [0.2, 0.25) is 0 Å². The van der Waals surface area contributed by atoms with Gasteiger partial charge in [0.05, 0.1) is 39.9 Å². The molecule has 0 unspecified atom stereocenters.